The first-order valence-electron chi connectivity index (χ1n) is 7.64. The minimum atomic E-state index is -0.812. The standard InChI is InChI=1S/C18H20N2O3/c1-12-7-8-13(16-9-14(16)11-20(22)18(19)21)10-17(12)23-15-5-3-2-4-6-15/h2-8,10,14,16,22H,9,11H2,1H3,(H2,19,21). The van der Waals surface area contributed by atoms with Gasteiger partial charge in [0, 0.05) is 0 Å². The van der Waals surface area contributed by atoms with Crippen LogP contribution in [0.3, 0.4) is 0 Å². The minimum absolute atomic E-state index is 0.236. The number of rotatable bonds is 5. The number of amides is 2. The van der Waals surface area contributed by atoms with E-state index in [2.05, 4.69) is 6.07 Å². The Labute approximate surface area is 135 Å². The van der Waals surface area contributed by atoms with Crippen molar-refractivity contribution in [2.24, 2.45) is 11.7 Å². The molecule has 0 radical (unpaired) electrons. The monoisotopic (exact) mass is 312 g/mol. The molecular formula is C18H20N2O3. The summed E-state index contributed by atoms with van der Waals surface area (Å²) in [5.74, 6) is 2.19. The molecule has 5 heteroatoms. The zero-order valence-corrected chi connectivity index (χ0v) is 13.0. The number of benzene rings is 2. The zero-order chi connectivity index (χ0) is 16.4. The van der Waals surface area contributed by atoms with Crippen molar-refractivity contribution in [3.63, 3.8) is 0 Å². The molecule has 1 fully saturated rings. The lowest BCUT2D eigenvalue weighted by molar-refractivity contribution is -0.0431. The summed E-state index contributed by atoms with van der Waals surface area (Å²) in [5, 5.41) is 10.0. The molecule has 1 saturated carbocycles. The first kappa shape index (κ1) is 15.4. The van der Waals surface area contributed by atoms with Gasteiger partial charge in [-0.05, 0) is 54.5 Å². The maximum absolute atomic E-state index is 10.9. The largest absolute Gasteiger partial charge is 0.457 e. The van der Waals surface area contributed by atoms with Crippen LogP contribution in [0.5, 0.6) is 11.5 Å². The summed E-state index contributed by atoms with van der Waals surface area (Å²) >= 11 is 0. The fraction of sp³-hybridized carbons (Fsp3) is 0.278. The summed E-state index contributed by atoms with van der Waals surface area (Å²) in [6.45, 7) is 2.28. The average Bonchev–Trinajstić information content (AvgIpc) is 3.29. The molecule has 0 spiro atoms. The van der Waals surface area contributed by atoms with Crippen LogP contribution < -0.4 is 10.5 Å². The fourth-order valence-corrected chi connectivity index (χ4v) is 2.74. The van der Waals surface area contributed by atoms with Crippen LogP contribution in [-0.4, -0.2) is 22.8 Å². The summed E-state index contributed by atoms with van der Waals surface area (Å²) in [7, 11) is 0. The molecule has 3 N–H and O–H groups in total. The third-order valence-corrected chi connectivity index (χ3v) is 4.20. The number of aryl methyl sites for hydroxylation is 1. The molecule has 2 aromatic carbocycles. The molecule has 3 rings (SSSR count). The van der Waals surface area contributed by atoms with Crippen LogP contribution in [0.15, 0.2) is 48.5 Å². The number of ether oxygens (including phenoxy) is 1. The van der Waals surface area contributed by atoms with Crippen molar-refractivity contribution in [3.05, 3.63) is 59.7 Å². The Morgan fingerprint density at radius 2 is 2.04 bits per heavy atom. The Hall–Kier alpha value is -2.53. The van der Waals surface area contributed by atoms with Gasteiger partial charge in [0.1, 0.15) is 11.5 Å². The molecule has 1 aliphatic rings. The van der Waals surface area contributed by atoms with Crippen molar-refractivity contribution in [2.45, 2.75) is 19.3 Å². The van der Waals surface area contributed by atoms with E-state index < -0.39 is 6.03 Å². The molecule has 2 atom stereocenters. The van der Waals surface area contributed by atoms with Gasteiger partial charge in [0.25, 0.3) is 0 Å². The second-order valence-electron chi connectivity index (χ2n) is 5.96. The van der Waals surface area contributed by atoms with Crippen molar-refractivity contribution in [2.75, 3.05) is 6.54 Å². The van der Waals surface area contributed by atoms with Gasteiger partial charge >= 0.3 is 6.03 Å². The Balaban J connectivity index is 1.70. The summed E-state index contributed by atoms with van der Waals surface area (Å²) in [5.41, 5.74) is 7.27. The number of nitrogens with zero attached hydrogens (tertiary/aromatic N) is 1. The highest BCUT2D eigenvalue weighted by atomic mass is 16.5. The van der Waals surface area contributed by atoms with E-state index in [0.29, 0.717) is 11.0 Å². The number of carbonyl (C=O) groups excluding carboxylic acids is 1. The SMILES string of the molecule is Cc1ccc(C2CC2CN(O)C(N)=O)cc1Oc1ccccc1. The van der Waals surface area contributed by atoms with Gasteiger partial charge in [-0.2, -0.15) is 0 Å². The van der Waals surface area contributed by atoms with E-state index in [9.17, 15) is 10.0 Å². The van der Waals surface area contributed by atoms with Gasteiger partial charge in [0.05, 0.1) is 6.54 Å². The van der Waals surface area contributed by atoms with Crippen molar-refractivity contribution in [3.8, 4) is 11.5 Å². The highest BCUT2D eigenvalue weighted by molar-refractivity contribution is 5.70. The van der Waals surface area contributed by atoms with E-state index in [0.717, 1.165) is 29.0 Å². The van der Waals surface area contributed by atoms with Gasteiger partial charge in [-0.15, -0.1) is 0 Å². The Bertz CT molecular complexity index is 703. The number of para-hydroxylation sites is 1. The summed E-state index contributed by atoms with van der Waals surface area (Å²) in [4.78, 5) is 10.9. The quantitative estimate of drug-likeness (QED) is 0.653. The third kappa shape index (κ3) is 3.63. The Kier molecular flexibility index (Phi) is 4.21. The van der Waals surface area contributed by atoms with Crippen LogP contribution in [0.25, 0.3) is 0 Å². The lowest BCUT2D eigenvalue weighted by Gasteiger charge is -2.13. The molecule has 2 aromatic rings. The van der Waals surface area contributed by atoms with Gasteiger partial charge in [-0.1, -0.05) is 30.3 Å². The Morgan fingerprint density at radius 3 is 2.74 bits per heavy atom. The van der Waals surface area contributed by atoms with Crippen molar-refractivity contribution < 1.29 is 14.7 Å². The molecule has 0 saturated heterocycles. The molecule has 0 heterocycles. The summed E-state index contributed by atoms with van der Waals surface area (Å²) < 4.78 is 5.95. The van der Waals surface area contributed by atoms with Crippen LogP contribution in [0.2, 0.25) is 0 Å². The molecule has 0 aliphatic heterocycles. The van der Waals surface area contributed by atoms with E-state index in [1.54, 1.807) is 0 Å². The first-order valence-corrected chi connectivity index (χ1v) is 7.64. The van der Waals surface area contributed by atoms with E-state index >= 15 is 0 Å². The van der Waals surface area contributed by atoms with Gasteiger partial charge in [0.15, 0.2) is 0 Å². The van der Waals surface area contributed by atoms with E-state index in [1.165, 1.54) is 0 Å². The molecule has 0 aromatic heterocycles. The van der Waals surface area contributed by atoms with Crippen molar-refractivity contribution in [1.82, 2.24) is 5.06 Å². The second kappa shape index (κ2) is 6.30. The molecule has 0 bridgehead atoms. The number of urea groups is 1. The maximum Gasteiger partial charge on any atom is 0.338 e. The predicted octanol–water partition coefficient (Wildman–Crippen LogP) is 3.66. The molecule has 1 aliphatic carbocycles. The van der Waals surface area contributed by atoms with E-state index in [1.807, 2.05) is 49.4 Å². The maximum atomic E-state index is 10.9. The fourth-order valence-electron chi connectivity index (χ4n) is 2.74. The minimum Gasteiger partial charge on any atom is -0.457 e. The molecule has 120 valence electrons. The highest BCUT2D eigenvalue weighted by Crippen LogP contribution is 2.48. The van der Waals surface area contributed by atoms with Gasteiger partial charge in [0.2, 0.25) is 0 Å². The Morgan fingerprint density at radius 1 is 1.30 bits per heavy atom. The normalized spacial score (nSPS) is 19.2. The molecule has 2 amide bonds. The zero-order valence-electron chi connectivity index (χ0n) is 13.0. The lowest BCUT2D eigenvalue weighted by atomic mass is 10.1. The third-order valence-electron chi connectivity index (χ3n) is 4.20. The van der Waals surface area contributed by atoms with Crippen LogP contribution >= 0.6 is 0 Å². The van der Waals surface area contributed by atoms with Gasteiger partial charge in [-0.25, -0.2) is 9.86 Å². The topological polar surface area (TPSA) is 75.8 Å². The average molecular weight is 312 g/mol. The number of nitrogens with two attached hydrogens (primary N) is 1. The van der Waals surface area contributed by atoms with Gasteiger partial charge in [-0.3, -0.25) is 5.21 Å². The van der Waals surface area contributed by atoms with Crippen LogP contribution in [-0.2, 0) is 0 Å². The van der Waals surface area contributed by atoms with Crippen LogP contribution in [0.1, 0.15) is 23.5 Å². The molecule has 5 nitrogen and oxygen atoms in total. The molecule has 23 heavy (non-hydrogen) atoms. The predicted molar refractivity (Wildman–Crippen MR) is 86.6 cm³/mol. The number of primary amides is 1. The number of hydroxylamine groups is 2. The molecule has 2 unspecified atom stereocenters. The second-order valence-corrected chi connectivity index (χ2v) is 5.96. The smallest absolute Gasteiger partial charge is 0.338 e. The summed E-state index contributed by atoms with van der Waals surface area (Å²) in [6, 6.07) is 15.0. The van der Waals surface area contributed by atoms with Crippen molar-refractivity contribution >= 4 is 6.03 Å². The number of hydrogen-bond acceptors (Lipinski definition) is 3. The first-order chi connectivity index (χ1) is 11.0. The van der Waals surface area contributed by atoms with E-state index in [-0.39, 0.29) is 12.5 Å². The molecular weight excluding hydrogens is 292 g/mol. The number of carbonyl (C=O) groups is 1. The van der Waals surface area contributed by atoms with Crippen LogP contribution in [0.4, 0.5) is 4.79 Å². The summed E-state index contributed by atoms with van der Waals surface area (Å²) in [6.07, 6.45) is 0.929. The van der Waals surface area contributed by atoms with Crippen molar-refractivity contribution in [1.29, 1.82) is 0 Å². The van der Waals surface area contributed by atoms with E-state index in [4.69, 9.17) is 10.5 Å². The van der Waals surface area contributed by atoms with Crippen LogP contribution in [0, 0.1) is 12.8 Å². The lowest BCUT2D eigenvalue weighted by Crippen LogP contribution is -2.34. The highest BCUT2D eigenvalue weighted by Gasteiger charge is 2.40. The van der Waals surface area contributed by atoms with Gasteiger partial charge < -0.3 is 10.5 Å². The number of hydrogen-bond donors (Lipinski definition) is 2.